The average Bonchev–Trinajstić information content (AvgIpc) is 3.37. The summed E-state index contributed by atoms with van der Waals surface area (Å²) in [6, 6.07) is 0. The molecular formula is C28H34F2O7S. The van der Waals surface area contributed by atoms with Crippen molar-refractivity contribution in [1.29, 1.82) is 0 Å². The number of cyclic esters (lactones) is 1. The zero-order valence-corrected chi connectivity index (χ0v) is 22.8. The van der Waals surface area contributed by atoms with Crippen LogP contribution in [-0.2, 0) is 28.7 Å². The maximum atomic E-state index is 18.2. The van der Waals surface area contributed by atoms with Crippen LogP contribution < -0.4 is 0 Å². The first-order chi connectivity index (χ1) is 17.7. The van der Waals surface area contributed by atoms with Crippen molar-refractivity contribution in [3.8, 4) is 0 Å². The second kappa shape index (κ2) is 8.98. The summed E-state index contributed by atoms with van der Waals surface area (Å²) in [4.78, 5) is 50.2. The molecule has 4 fully saturated rings. The summed E-state index contributed by atoms with van der Waals surface area (Å²) in [5.74, 6) is -3.22. The molecule has 7 nitrogen and oxygen atoms in total. The van der Waals surface area contributed by atoms with Crippen LogP contribution in [0.2, 0.25) is 0 Å². The molecule has 0 radical (unpaired) electrons. The fraction of sp³-hybridized carbons (Fsp3) is 0.714. The number of alkyl halides is 2. The number of fused-ring (bicyclic) bond motifs is 5. The van der Waals surface area contributed by atoms with E-state index in [2.05, 4.69) is 0 Å². The van der Waals surface area contributed by atoms with E-state index in [0.29, 0.717) is 18.2 Å². The molecule has 208 valence electrons. The Bertz CT molecular complexity index is 1150. The Morgan fingerprint density at radius 3 is 2.58 bits per heavy atom. The highest BCUT2D eigenvalue weighted by atomic mass is 32.2. The zero-order valence-electron chi connectivity index (χ0n) is 22.0. The van der Waals surface area contributed by atoms with Crippen LogP contribution in [-0.4, -0.2) is 56.9 Å². The van der Waals surface area contributed by atoms with Gasteiger partial charge in [-0.3, -0.25) is 19.2 Å². The van der Waals surface area contributed by atoms with Gasteiger partial charge in [-0.2, -0.15) is 0 Å². The topological polar surface area (TPSA) is 107 Å². The lowest BCUT2D eigenvalue weighted by molar-refractivity contribution is -0.248. The molecule has 1 aliphatic heterocycles. The maximum Gasteiger partial charge on any atom is 0.307 e. The quantitative estimate of drug-likeness (QED) is 0.518. The van der Waals surface area contributed by atoms with Gasteiger partial charge in [0.15, 0.2) is 22.5 Å². The van der Waals surface area contributed by atoms with E-state index in [1.54, 1.807) is 13.8 Å². The van der Waals surface area contributed by atoms with Gasteiger partial charge in [0.05, 0.1) is 0 Å². The molecule has 1 unspecified atom stereocenters. The molecule has 10 heteroatoms. The van der Waals surface area contributed by atoms with Crippen LogP contribution in [0.15, 0.2) is 23.8 Å². The number of ether oxygens (including phenoxy) is 2. The highest BCUT2D eigenvalue weighted by Crippen LogP contribution is 2.72. The Balaban J connectivity index is 1.66. The smallest absolute Gasteiger partial charge is 0.307 e. The fourth-order valence-electron chi connectivity index (χ4n) is 8.20. The van der Waals surface area contributed by atoms with Crippen molar-refractivity contribution in [1.82, 2.24) is 0 Å². The van der Waals surface area contributed by atoms with Gasteiger partial charge in [0, 0.05) is 36.0 Å². The molecule has 0 amide bonds. The van der Waals surface area contributed by atoms with E-state index in [4.69, 9.17) is 9.47 Å². The predicted molar refractivity (Wildman–Crippen MR) is 134 cm³/mol. The minimum absolute atomic E-state index is 0.0871. The van der Waals surface area contributed by atoms with E-state index in [1.807, 2.05) is 6.92 Å². The summed E-state index contributed by atoms with van der Waals surface area (Å²) in [6.07, 6.45) is 1.40. The Morgan fingerprint density at radius 2 is 1.95 bits per heavy atom. The zero-order chi connectivity index (χ0) is 27.8. The predicted octanol–water partition coefficient (Wildman–Crippen LogP) is 4.17. The Morgan fingerprint density at radius 1 is 1.24 bits per heavy atom. The molecule has 0 bridgehead atoms. The van der Waals surface area contributed by atoms with E-state index in [0.717, 1.165) is 12.2 Å². The molecular weight excluding hydrogens is 518 g/mol. The normalized spacial score (nSPS) is 47.5. The number of carbonyl (C=O) groups is 4. The second-order valence-electron chi connectivity index (χ2n) is 12.0. The van der Waals surface area contributed by atoms with Gasteiger partial charge in [-0.25, -0.2) is 8.78 Å². The van der Waals surface area contributed by atoms with Crippen molar-refractivity contribution in [2.24, 2.45) is 28.6 Å². The van der Waals surface area contributed by atoms with Gasteiger partial charge in [-0.1, -0.05) is 26.8 Å². The number of esters is 2. The minimum Gasteiger partial charge on any atom is -0.461 e. The third kappa shape index (κ3) is 3.61. The lowest BCUT2D eigenvalue weighted by atomic mass is 9.42. The number of ketones is 1. The average molecular weight is 553 g/mol. The highest BCUT2D eigenvalue weighted by Gasteiger charge is 2.80. The minimum atomic E-state index is -2.67. The van der Waals surface area contributed by atoms with E-state index in [-0.39, 0.29) is 43.6 Å². The molecule has 0 aromatic heterocycles. The van der Waals surface area contributed by atoms with Crippen molar-refractivity contribution < 1.29 is 42.5 Å². The van der Waals surface area contributed by atoms with E-state index < -0.39 is 74.5 Å². The summed E-state index contributed by atoms with van der Waals surface area (Å²) in [7, 11) is 0. The number of halogens is 2. The molecule has 0 spiro atoms. The van der Waals surface area contributed by atoms with Crippen LogP contribution in [0.1, 0.15) is 66.2 Å². The Hall–Kier alpha value is -2.07. The van der Waals surface area contributed by atoms with Crippen molar-refractivity contribution in [3.63, 3.8) is 0 Å². The van der Waals surface area contributed by atoms with Crippen LogP contribution in [0.5, 0.6) is 0 Å². The van der Waals surface area contributed by atoms with E-state index in [1.165, 1.54) is 13.0 Å². The van der Waals surface area contributed by atoms with Crippen LogP contribution in [0.3, 0.4) is 0 Å². The second-order valence-corrected chi connectivity index (χ2v) is 13.2. The van der Waals surface area contributed by atoms with Gasteiger partial charge in [0.25, 0.3) is 0 Å². The van der Waals surface area contributed by atoms with Gasteiger partial charge < -0.3 is 14.6 Å². The van der Waals surface area contributed by atoms with Crippen molar-refractivity contribution >= 4 is 34.6 Å². The summed E-state index contributed by atoms with van der Waals surface area (Å²) >= 11 is 0.579. The fourth-order valence-corrected chi connectivity index (χ4v) is 9.25. The van der Waals surface area contributed by atoms with Gasteiger partial charge in [-0.05, 0) is 67.5 Å². The first-order valence-corrected chi connectivity index (χ1v) is 14.2. The summed E-state index contributed by atoms with van der Waals surface area (Å²) in [5.41, 5.74) is -9.08. The SMILES string of the molecule is CCC(=O)O[C@@H]1[C@H](C)C[C@H]2[C@@H]3C[C@H](F)C4=CC(=O)C=C[C@]4(C)[C@@]3(F)[C@@](O)(C(=O)SC3CCC(=O)O3)C[C@]12C. The van der Waals surface area contributed by atoms with E-state index >= 15 is 8.78 Å². The van der Waals surface area contributed by atoms with Crippen molar-refractivity contribution in [2.45, 2.75) is 95.2 Å². The van der Waals surface area contributed by atoms with Gasteiger partial charge in [0.2, 0.25) is 5.12 Å². The maximum absolute atomic E-state index is 18.2. The summed E-state index contributed by atoms with van der Waals surface area (Å²) in [5, 5.41) is 11.5. The van der Waals surface area contributed by atoms with Gasteiger partial charge >= 0.3 is 11.9 Å². The van der Waals surface area contributed by atoms with Crippen LogP contribution in [0.4, 0.5) is 8.78 Å². The lowest BCUT2D eigenvalue weighted by Gasteiger charge is -2.65. The molecule has 4 aliphatic carbocycles. The molecule has 0 aromatic carbocycles. The van der Waals surface area contributed by atoms with Crippen LogP contribution in [0.25, 0.3) is 0 Å². The third-order valence-corrected chi connectivity index (χ3v) is 11.0. The highest BCUT2D eigenvalue weighted by molar-refractivity contribution is 8.14. The molecule has 3 saturated carbocycles. The number of thioether (sulfide) groups is 1. The Labute approximate surface area is 224 Å². The number of carbonyl (C=O) groups excluding carboxylic acids is 4. The molecule has 5 aliphatic rings. The summed E-state index contributed by atoms with van der Waals surface area (Å²) < 4.78 is 45.0. The van der Waals surface area contributed by atoms with Crippen LogP contribution >= 0.6 is 11.8 Å². The number of aliphatic hydroxyl groups is 1. The number of hydrogen-bond acceptors (Lipinski definition) is 8. The van der Waals surface area contributed by atoms with Crippen LogP contribution in [0, 0.1) is 28.6 Å². The molecule has 10 atom stereocenters. The molecule has 1 heterocycles. The van der Waals surface area contributed by atoms with E-state index in [9.17, 15) is 24.3 Å². The lowest BCUT2D eigenvalue weighted by Crippen LogP contribution is -2.76. The number of hydrogen-bond donors (Lipinski definition) is 1. The molecule has 5 rings (SSSR count). The molecule has 1 saturated heterocycles. The molecule has 1 N–H and O–H groups in total. The monoisotopic (exact) mass is 552 g/mol. The van der Waals surface area contributed by atoms with Crippen molar-refractivity contribution in [3.05, 3.63) is 23.8 Å². The molecule has 0 aromatic rings. The number of rotatable bonds is 4. The summed E-state index contributed by atoms with van der Waals surface area (Å²) in [6.45, 7) is 6.77. The van der Waals surface area contributed by atoms with Gasteiger partial charge in [0.1, 0.15) is 12.3 Å². The largest absolute Gasteiger partial charge is 0.461 e. The molecule has 38 heavy (non-hydrogen) atoms. The third-order valence-electron chi connectivity index (χ3n) is 9.88. The first kappa shape index (κ1) is 27.5. The number of allylic oxidation sites excluding steroid dienone is 4. The Kier molecular flexibility index (Phi) is 6.50. The van der Waals surface area contributed by atoms with Gasteiger partial charge in [-0.15, -0.1) is 0 Å². The first-order valence-electron chi connectivity index (χ1n) is 13.3. The standard InChI is InChI=1S/C28H34F2O7S/c1-5-20(32)37-23-14(2)10-16-17-12-19(29)18-11-15(31)8-9-26(18,4)28(17,30)27(35,13-25(16,23)3)24(34)38-22-7-6-21(33)36-22/h8-9,11,14,16-17,19,22-23,35H,5-7,10,12-13H2,1-4H3/t14-,16+,17+,19+,22?,23-,25+,26+,27+,28-/m1/s1. The van der Waals surface area contributed by atoms with Crippen molar-refractivity contribution in [2.75, 3.05) is 0 Å².